The smallest absolute Gasteiger partial charge is 0.220 e. The van der Waals surface area contributed by atoms with Crippen LogP contribution < -0.4 is 10.2 Å². The van der Waals surface area contributed by atoms with Crippen molar-refractivity contribution in [3.8, 4) is 0 Å². The lowest BCUT2D eigenvalue weighted by Crippen LogP contribution is -2.49. The van der Waals surface area contributed by atoms with E-state index in [1.54, 1.807) is 4.31 Å². The summed E-state index contributed by atoms with van der Waals surface area (Å²) >= 11 is 0. The molecule has 1 aromatic rings. The Labute approximate surface area is 157 Å². The molecule has 0 unspecified atom stereocenters. The first-order valence-corrected chi connectivity index (χ1v) is 10.9. The lowest BCUT2D eigenvalue weighted by Gasteiger charge is -2.35. The zero-order valence-corrected chi connectivity index (χ0v) is 16.9. The minimum Gasteiger partial charge on any atom is -0.369 e. The van der Waals surface area contributed by atoms with Gasteiger partial charge in [-0.1, -0.05) is 26.0 Å². The van der Waals surface area contributed by atoms with Gasteiger partial charge in [0.1, 0.15) is 0 Å². The van der Waals surface area contributed by atoms with Gasteiger partial charge in [0, 0.05) is 44.8 Å². The van der Waals surface area contributed by atoms with Crippen LogP contribution in [0.25, 0.3) is 0 Å². The summed E-state index contributed by atoms with van der Waals surface area (Å²) in [5.74, 6) is 0.381. The SMILES string of the molecule is Cc1cccc(N2CCN(S(=O)(=O)CCCNC(=O)CC(C)C)CC2)c1. The number of anilines is 1. The quantitative estimate of drug-likeness (QED) is 0.699. The van der Waals surface area contributed by atoms with Crippen LogP contribution in [0.5, 0.6) is 0 Å². The molecule has 2 rings (SSSR count). The van der Waals surface area contributed by atoms with Crippen LogP contribution in [-0.4, -0.2) is 57.1 Å². The van der Waals surface area contributed by atoms with Crippen molar-refractivity contribution >= 4 is 21.6 Å². The van der Waals surface area contributed by atoms with Crippen LogP contribution in [-0.2, 0) is 14.8 Å². The Hall–Kier alpha value is -1.60. The Morgan fingerprint density at radius 3 is 2.50 bits per heavy atom. The molecule has 1 heterocycles. The number of benzene rings is 1. The molecule has 1 aliphatic rings. The predicted octanol–water partition coefficient (Wildman–Crippen LogP) is 2.00. The van der Waals surface area contributed by atoms with Crippen molar-refractivity contribution in [1.29, 1.82) is 0 Å². The van der Waals surface area contributed by atoms with Gasteiger partial charge in [-0.15, -0.1) is 0 Å². The summed E-state index contributed by atoms with van der Waals surface area (Å²) in [7, 11) is -3.26. The molecule has 26 heavy (non-hydrogen) atoms. The van der Waals surface area contributed by atoms with E-state index in [1.807, 2.05) is 19.9 Å². The van der Waals surface area contributed by atoms with Crippen molar-refractivity contribution < 1.29 is 13.2 Å². The molecule has 1 fully saturated rings. The maximum absolute atomic E-state index is 12.5. The number of nitrogens with one attached hydrogen (secondary N) is 1. The molecule has 0 aromatic heterocycles. The third kappa shape index (κ3) is 6.29. The van der Waals surface area contributed by atoms with Crippen molar-refractivity contribution in [2.24, 2.45) is 5.92 Å². The fraction of sp³-hybridized carbons (Fsp3) is 0.632. The highest BCUT2D eigenvalue weighted by atomic mass is 32.2. The molecule has 0 atom stereocenters. The molecule has 1 aliphatic heterocycles. The lowest BCUT2D eigenvalue weighted by molar-refractivity contribution is -0.121. The summed E-state index contributed by atoms with van der Waals surface area (Å²) in [6.07, 6.45) is 0.929. The molecule has 7 heteroatoms. The van der Waals surface area contributed by atoms with Gasteiger partial charge in [0.05, 0.1) is 5.75 Å². The summed E-state index contributed by atoms with van der Waals surface area (Å²) in [5, 5.41) is 2.79. The van der Waals surface area contributed by atoms with Crippen LogP contribution in [0.15, 0.2) is 24.3 Å². The first kappa shape index (κ1) is 20.7. The molecule has 1 N–H and O–H groups in total. The fourth-order valence-corrected chi connectivity index (χ4v) is 4.59. The molecule has 0 aliphatic carbocycles. The van der Waals surface area contributed by atoms with Gasteiger partial charge in [0.25, 0.3) is 0 Å². The van der Waals surface area contributed by atoms with E-state index >= 15 is 0 Å². The van der Waals surface area contributed by atoms with E-state index in [0.29, 0.717) is 51.5 Å². The standard InChI is InChI=1S/C19H31N3O3S/c1-16(2)14-19(23)20-8-5-13-26(24,25)22-11-9-21(10-12-22)18-7-4-6-17(3)15-18/h4,6-7,15-16H,5,8-14H2,1-3H3,(H,20,23). The summed E-state index contributed by atoms with van der Waals surface area (Å²) in [5.41, 5.74) is 2.35. The van der Waals surface area contributed by atoms with E-state index in [2.05, 4.69) is 35.3 Å². The highest BCUT2D eigenvalue weighted by molar-refractivity contribution is 7.89. The Kier molecular flexibility index (Phi) is 7.46. The third-order valence-corrected chi connectivity index (χ3v) is 6.45. The zero-order chi connectivity index (χ0) is 19.2. The largest absolute Gasteiger partial charge is 0.369 e. The molecule has 6 nitrogen and oxygen atoms in total. The van der Waals surface area contributed by atoms with Gasteiger partial charge in [-0.05, 0) is 37.0 Å². The Morgan fingerprint density at radius 2 is 1.88 bits per heavy atom. The van der Waals surface area contributed by atoms with Crippen molar-refractivity contribution in [3.63, 3.8) is 0 Å². The first-order valence-electron chi connectivity index (χ1n) is 9.34. The summed E-state index contributed by atoms with van der Waals surface area (Å²) in [6, 6.07) is 8.28. The number of piperazine rings is 1. The Bertz CT molecular complexity index is 696. The zero-order valence-electron chi connectivity index (χ0n) is 16.1. The number of carbonyl (C=O) groups excluding carboxylic acids is 1. The highest BCUT2D eigenvalue weighted by Gasteiger charge is 2.26. The molecule has 1 saturated heterocycles. The van der Waals surface area contributed by atoms with Crippen molar-refractivity contribution in [1.82, 2.24) is 9.62 Å². The number of aryl methyl sites for hydroxylation is 1. The average molecular weight is 382 g/mol. The van der Waals surface area contributed by atoms with E-state index in [-0.39, 0.29) is 11.7 Å². The molecule has 0 spiro atoms. The number of hydrogen-bond acceptors (Lipinski definition) is 4. The molecule has 1 aromatic carbocycles. The van der Waals surface area contributed by atoms with E-state index in [9.17, 15) is 13.2 Å². The normalized spacial score (nSPS) is 16.1. The van der Waals surface area contributed by atoms with Crippen molar-refractivity contribution in [3.05, 3.63) is 29.8 Å². The maximum Gasteiger partial charge on any atom is 0.220 e. The monoisotopic (exact) mass is 381 g/mol. The molecular formula is C19H31N3O3S. The Balaban J connectivity index is 1.76. The van der Waals surface area contributed by atoms with Crippen LogP contribution in [0.4, 0.5) is 5.69 Å². The predicted molar refractivity (Wildman–Crippen MR) is 106 cm³/mol. The number of carbonyl (C=O) groups is 1. The minimum atomic E-state index is -3.26. The second-order valence-corrected chi connectivity index (χ2v) is 9.43. The van der Waals surface area contributed by atoms with Gasteiger partial charge in [0.2, 0.25) is 15.9 Å². The molecule has 0 radical (unpaired) electrons. The van der Waals surface area contributed by atoms with E-state index in [1.165, 1.54) is 5.56 Å². The van der Waals surface area contributed by atoms with Gasteiger partial charge in [0.15, 0.2) is 0 Å². The molecule has 1 amide bonds. The number of amides is 1. The molecule has 0 bridgehead atoms. The first-order chi connectivity index (χ1) is 12.3. The fourth-order valence-electron chi connectivity index (χ4n) is 3.10. The third-order valence-electron chi connectivity index (χ3n) is 4.49. The number of sulfonamides is 1. The minimum absolute atomic E-state index is 0.0100. The van der Waals surface area contributed by atoms with Crippen LogP contribution >= 0.6 is 0 Å². The van der Waals surface area contributed by atoms with E-state index in [4.69, 9.17) is 0 Å². The van der Waals surface area contributed by atoms with Crippen LogP contribution in [0, 0.1) is 12.8 Å². The van der Waals surface area contributed by atoms with Crippen molar-refractivity contribution in [2.45, 2.75) is 33.6 Å². The van der Waals surface area contributed by atoms with E-state index in [0.717, 1.165) is 5.69 Å². The summed E-state index contributed by atoms with van der Waals surface area (Å²) < 4.78 is 26.6. The lowest BCUT2D eigenvalue weighted by atomic mass is 10.1. The van der Waals surface area contributed by atoms with Crippen LogP contribution in [0.3, 0.4) is 0 Å². The second-order valence-electron chi connectivity index (χ2n) is 7.34. The van der Waals surface area contributed by atoms with Gasteiger partial charge < -0.3 is 10.2 Å². The average Bonchev–Trinajstić information content (AvgIpc) is 2.58. The maximum atomic E-state index is 12.5. The number of nitrogens with zero attached hydrogens (tertiary/aromatic N) is 2. The molecule has 0 saturated carbocycles. The second kappa shape index (κ2) is 9.37. The van der Waals surface area contributed by atoms with Crippen LogP contribution in [0.1, 0.15) is 32.3 Å². The summed E-state index contributed by atoms with van der Waals surface area (Å²) in [6.45, 7) is 8.87. The number of hydrogen-bond donors (Lipinski definition) is 1. The molecular weight excluding hydrogens is 350 g/mol. The Morgan fingerprint density at radius 1 is 1.19 bits per heavy atom. The number of rotatable bonds is 8. The topological polar surface area (TPSA) is 69.7 Å². The summed E-state index contributed by atoms with van der Waals surface area (Å²) in [4.78, 5) is 13.8. The van der Waals surface area contributed by atoms with Crippen molar-refractivity contribution in [2.75, 3.05) is 43.4 Å². The van der Waals surface area contributed by atoms with Crippen LogP contribution in [0.2, 0.25) is 0 Å². The highest BCUT2D eigenvalue weighted by Crippen LogP contribution is 2.19. The van der Waals surface area contributed by atoms with Gasteiger partial charge in [-0.25, -0.2) is 8.42 Å². The van der Waals surface area contributed by atoms with Gasteiger partial charge in [-0.2, -0.15) is 4.31 Å². The van der Waals surface area contributed by atoms with E-state index < -0.39 is 10.0 Å². The van der Waals surface area contributed by atoms with Gasteiger partial charge in [-0.3, -0.25) is 4.79 Å². The van der Waals surface area contributed by atoms with Gasteiger partial charge >= 0.3 is 0 Å². The molecule has 146 valence electrons.